The van der Waals surface area contributed by atoms with Crippen LogP contribution in [-0.2, 0) is 11.2 Å². The lowest BCUT2D eigenvalue weighted by atomic mass is 9.55. The van der Waals surface area contributed by atoms with Crippen LogP contribution in [0.4, 0.5) is 5.69 Å². The van der Waals surface area contributed by atoms with Crippen molar-refractivity contribution in [2.24, 2.45) is 17.3 Å². The number of ketones is 1. The quantitative estimate of drug-likeness (QED) is 0.785. The van der Waals surface area contributed by atoms with Gasteiger partial charge < -0.3 is 19.8 Å². The van der Waals surface area contributed by atoms with Crippen LogP contribution in [0.15, 0.2) is 12.1 Å². The van der Waals surface area contributed by atoms with Gasteiger partial charge in [0.25, 0.3) is 0 Å². The second-order valence-corrected chi connectivity index (χ2v) is 8.95. The molecule has 28 heavy (non-hydrogen) atoms. The number of aliphatic hydroxyl groups excluding tert-OH is 2. The maximum absolute atomic E-state index is 12.6. The highest BCUT2D eigenvalue weighted by atomic mass is 16.5. The average molecular weight is 388 g/mol. The number of anilines is 1. The molecule has 3 aliphatic carbocycles. The molecule has 4 rings (SSSR count). The van der Waals surface area contributed by atoms with Crippen LogP contribution in [0.1, 0.15) is 56.1 Å². The van der Waals surface area contributed by atoms with E-state index in [1.54, 1.807) is 7.11 Å². The van der Waals surface area contributed by atoms with Gasteiger partial charge in [-0.15, -0.1) is 0 Å². The number of methoxy groups -OCH3 is 1. The van der Waals surface area contributed by atoms with E-state index in [1.165, 1.54) is 11.1 Å². The number of rotatable bonds is 6. The van der Waals surface area contributed by atoms with E-state index >= 15 is 0 Å². The highest BCUT2D eigenvalue weighted by molar-refractivity contribution is 5.87. The lowest BCUT2D eigenvalue weighted by molar-refractivity contribution is -0.129. The fourth-order valence-corrected chi connectivity index (χ4v) is 6.49. The summed E-state index contributed by atoms with van der Waals surface area (Å²) in [4.78, 5) is 14.6. The fraction of sp³-hybridized carbons (Fsp3) is 0.696. The van der Waals surface area contributed by atoms with Crippen molar-refractivity contribution in [3.8, 4) is 5.75 Å². The number of carbonyl (C=O) groups excluding carboxylic acids is 1. The Kier molecular flexibility index (Phi) is 5.41. The van der Waals surface area contributed by atoms with Crippen LogP contribution < -0.4 is 9.64 Å². The molecule has 0 saturated heterocycles. The summed E-state index contributed by atoms with van der Waals surface area (Å²) < 4.78 is 5.67. The van der Waals surface area contributed by atoms with Crippen LogP contribution in [0.5, 0.6) is 5.75 Å². The first-order valence-corrected chi connectivity index (χ1v) is 10.7. The van der Waals surface area contributed by atoms with E-state index in [1.807, 2.05) is 6.07 Å². The number of Topliss-reactive ketones (excluding diaryl/α,β-unsaturated/α-hetero) is 1. The Morgan fingerprint density at radius 1 is 1.14 bits per heavy atom. The van der Waals surface area contributed by atoms with Crippen LogP contribution in [0.2, 0.25) is 0 Å². The molecule has 1 aromatic rings. The molecular formula is C23H33NO4. The second kappa shape index (κ2) is 7.68. The number of carbonyl (C=O) groups is 1. The van der Waals surface area contributed by atoms with Gasteiger partial charge in [0, 0.05) is 24.9 Å². The van der Waals surface area contributed by atoms with Crippen LogP contribution in [0, 0.1) is 17.3 Å². The predicted octanol–water partition coefficient (Wildman–Crippen LogP) is 2.91. The second-order valence-electron chi connectivity index (χ2n) is 8.95. The van der Waals surface area contributed by atoms with E-state index in [4.69, 9.17) is 4.74 Å². The number of ether oxygens (including phenoxy) is 1. The minimum absolute atomic E-state index is 0.0431. The van der Waals surface area contributed by atoms with Crippen LogP contribution in [0.25, 0.3) is 0 Å². The number of hydrogen-bond acceptors (Lipinski definition) is 5. The molecule has 4 atom stereocenters. The third kappa shape index (κ3) is 2.94. The molecule has 0 amide bonds. The third-order valence-corrected chi connectivity index (χ3v) is 7.83. The Morgan fingerprint density at radius 3 is 2.57 bits per heavy atom. The van der Waals surface area contributed by atoms with E-state index in [0.29, 0.717) is 36.6 Å². The minimum Gasteiger partial charge on any atom is -0.495 e. The summed E-state index contributed by atoms with van der Waals surface area (Å²) in [7, 11) is 1.68. The maximum Gasteiger partial charge on any atom is 0.142 e. The molecule has 154 valence electrons. The Labute approximate surface area is 167 Å². The van der Waals surface area contributed by atoms with Gasteiger partial charge in [-0.05, 0) is 67.1 Å². The van der Waals surface area contributed by atoms with Crippen molar-refractivity contribution in [2.75, 3.05) is 38.3 Å². The van der Waals surface area contributed by atoms with Gasteiger partial charge in [-0.2, -0.15) is 0 Å². The molecule has 1 aromatic carbocycles. The largest absolute Gasteiger partial charge is 0.495 e. The summed E-state index contributed by atoms with van der Waals surface area (Å²) in [5.41, 5.74) is 3.65. The number of benzene rings is 1. The van der Waals surface area contributed by atoms with Gasteiger partial charge in [0.1, 0.15) is 11.5 Å². The van der Waals surface area contributed by atoms with Crippen molar-refractivity contribution < 1.29 is 19.7 Å². The Balaban J connectivity index is 1.74. The van der Waals surface area contributed by atoms with Gasteiger partial charge in [0.05, 0.1) is 26.0 Å². The number of hydrogen-bond donors (Lipinski definition) is 2. The molecule has 5 nitrogen and oxygen atoms in total. The van der Waals surface area contributed by atoms with E-state index in [9.17, 15) is 15.0 Å². The van der Waals surface area contributed by atoms with Crippen LogP contribution >= 0.6 is 0 Å². The van der Waals surface area contributed by atoms with E-state index in [2.05, 4.69) is 17.9 Å². The van der Waals surface area contributed by atoms with Gasteiger partial charge in [0.2, 0.25) is 0 Å². The van der Waals surface area contributed by atoms with Crippen molar-refractivity contribution in [2.45, 2.75) is 51.4 Å². The molecular weight excluding hydrogens is 354 g/mol. The van der Waals surface area contributed by atoms with Crippen molar-refractivity contribution in [3.63, 3.8) is 0 Å². The van der Waals surface area contributed by atoms with Gasteiger partial charge >= 0.3 is 0 Å². The predicted molar refractivity (Wildman–Crippen MR) is 109 cm³/mol. The number of fused-ring (bicyclic) bond motifs is 5. The van der Waals surface area contributed by atoms with Crippen molar-refractivity contribution >= 4 is 11.5 Å². The molecule has 5 heteroatoms. The summed E-state index contributed by atoms with van der Waals surface area (Å²) in [6, 6.07) is 4.27. The molecule has 2 saturated carbocycles. The molecule has 3 aliphatic rings. The van der Waals surface area contributed by atoms with Gasteiger partial charge in [-0.3, -0.25) is 4.79 Å². The SMILES string of the molecule is COc1ccc2c(c1N(CCO)CCO)CC[C@H]1[C@H]2CC[C@]2(C)C(=O)CC[C@@H]12. The van der Waals surface area contributed by atoms with Crippen molar-refractivity contribution in [3.05, 3.63) is 23.3 Å². The van der Waals surface area contributed by atoms with E-state index in [-0.39, 0.29) is 18.6 Å². The molecule has 0 heterocycles. The standard InChI is InChI=1S/C23H33NO4/c1-23-10-9-16-15-5-7-20(28-2)22(24(11-13-25)12-14-26)18(15)4-3-17(16)19(23)6-8-21(23)27/h5,7,16-17,19,25-26H,3-4,6,8-14H2,1-2H3/t16-,17-,19-,23-/m0/s1. The third-order valence-electron chi connectivity index (χ3n) is 7.83. The summed E-state index contributed by atoms with van der Waals surface area (Å²) in [6.07, 6.45) is 5.95. The van der Waals surface area contributed by atoms with Crippen molar-refractivity contribution in [1.82, 2.24) is 0 Å². The molecule has 0 aliphatic heterocycles. The van der Waals surface area contributed by atoms with Gasteiger partial charge in [-0.1, -0.05) is 13.0 Å². The lowest BCUT2D eigenvalue weighted by Gasteiger charge is -2.49. The zero-order valence-electron chi connectivity index (χ0n) is 17.1. The molecule has 0 spiro atoms. The van der Waals surface area contributed by atoms with Gasteiger partial charge in [0.15, 0.2) is 0 Å². The number of nitrogens with zero attached hydrogens (tertiary/aromatic N) is 1. The Morgan fingerprint density at radius 2 is 1.89 bits per heavy atom. The average Bonchev–Trinajstić information content (AvgIpc) is 3.01. The molecule has 0 bridgehead atoms. The first-order chi connectivity index (χ1) is 13.5. The first-order valence-electron chi connectivity index (χ1n) is 10.7. The summed E-state index contributed by atoms with van der Waals surface area (Å²) in [5, 5.41) is 19.1. The van der Waals surface area contributed by atoms with Crippen LogP contribution in [-0.4, -0.2) is 49.4 Å². The number of aliphatic hydroxyl groups is 2. The first kappa shape index (κ1) is 19.7. The monoisotopic (exact) mass is 387 g/mol. The normalized spacial score (nSPS) is 31.1. The topological polar surface area (TPSA) is 70.0 Å². The zero-order valence-corrected chi connectivity index (χ0v) is 17.1. The summed E-state index contributed by atoms with van der Waals surface area (Å²) in [6.45, 7) is 3.26. The lowest BCUT2D eigenvalue weighted by Crippen LogP contribution is -2.43. The smallest absolute Gasteiger partial charge is 0.142 e. The summed E-state index contributed by atoms with van der Waals surface area (Å²) >= 11 is 0. The fourth-order valence-electron chi connectivity index (χ4n) is 6.49. The maximum atomic E-state index is 12.6. The Hall–Kier alpha value is -1.59. The van der Waals surface area contributed by atoms with E-state index < -0.39 is 0 Å². The zero-order chi connectivity index (χ0) is 19.9. The van der Waals surface area contributed by atoms with Gasteiger partial charge in [-0.25, -0.2) is 0 Å². The van der Waals surface area contributed by atoms with Crippen molar-refractivity contribution in [1.29, 1.82) is 0 Å². The molecule has 0 radical (unpaired) electrons. The molecule has 0 unspecified atom stereocenters. The van der Waals surface area contributed by atoms with Crippen LogP contribution in [0.3, 0.4) is 0 Å². The molecule has 2 N–H and O–H groups in total. The highest BCUT2D eigenvalue weighted by Crippen LogP contribution is 2.60. The summed E-state index contributed by atoms with van der Waals surface area (Å²) in [5.74, 6) is 2.90. The Bertz CT molecular complexity index is 742. The molecule has 2 fully saturated rings. The molecule has 0 aromatic heterocycles. The minimum atomic E-state index is -0.103. The van der Waals surface area contributed by atoms with E-state index in [0.717, 1.165) is 50.0 Å². The highest BCUT2D eigenvalue weighted by Gasteiger charge is 2.54.